The van der Waals surface area contributed by atoms with Gasteiger partial charge in [-0.3, -0.25) is 9.10 Å². The van der Waals surface area contributed by atoms with Gasteiger partial charge in [-0.1, -0.05) is 42.8 Å². The summed E-state index contributed by atoms with van der Waals surface area (Å²) in [5.41, 5.74) is 3.95. The smallest absolute Gasteiger partial charge is 0.251 e. The molecule has 2 aromatic rings. The van der Waals surface area contributed by atoms with Gasteiger partial charge in [0.2, 0.25) is 10.0 Å². The lowest BCUT2D eigenvalue weighted by Gasteiger charge is -2.21. The summed E-state index contributed by atoms with van der Waals surface area (Å²) >= 11 is 0. The quantitative estimate of drug-likeness (QED) is 0.840. The van der Waals surface area contributed by atoms with Crippen molar-refractivity contribution >= 4 is 21.6 Å². The van der Waals surface area contributed by atoms with E-state index < -0.39 is 10.0 Å². The van der Waals surface area contributed by atoms with Crippen LogP contribution in [0, 0.1) is 13.8 Å². The molecule has 2 aromatic carbocycles. The third kappa shape index (κ3) is 4.64. The van der Waals surface area contributed by atoms with Crippen molar-refractivity contribution < 1.29 is 13.2 Å². The normalized spacial score (nSPS) is 12.5. The summed E-state index contributed by atoms with van der Waals surface area (Å²) < 4.78 is 24.8. The van der Waals surface area contributed by atoms with E-state index in [0.29, 0.717) is 11.3 Å². The molecule has 0 saturated heterocycles. The molecule has 1 N–H and O–H groups in total. The molecular formula is C20H26N2O3S. The van der Waals surface area contributed by atoms with Gasteiger partial charge in [-0.25, -0.2) is 8.42 Å². The van der Waals surface area contributed by atoms with Crippen LogP contribution in [0.2, 0.25) is 0 Å². The van der Waals surface area contributed by atoms with E-state index in [2.05, 4.69) is 5.32 Å². The predicted octanol–water partition coefficient (Wildman–Crippen LogP) is 3.58. The first-order valence-corrected chi connectivity index (χ1v) is 10.4. The van der Waals surface area contributed by atoms with E-state index in [1.54, 1.807) is 18.2 Å². The Bertz CT molecular complexity index is 890. The highest BCUT2D eigenvalue weighted by atomic mass is 32.2. The molecule has 1 atom stereocenters. The van der Waals surface area contributed by atoms with Crippen LogP contribution in [0.5, 0.6) is 0 Å². The average Bonchev–Trinajstić information content (AvgIpc) is 2.59. The largest absolute Gasteiger partial charge is 0.345 e. The van der Waals surface area contributed by atoms with Gasteiger partial charge in [0.25, 0.3) is 5.91 Å². The molecule has 5 nitrogen and oxygen atoms in total. The maximum atomic E-state index is 12.7. The number of rotatable bonds is 6. The lowest BCUT2D eigenvalue weighted by Crippen LogP contribution is -2.29. The Hall–Kier alpha value is -2.34. The van der Waals surface area contributed by atoms with E-state index in [9.17, 15) is 13.2 Å². The fraction of sp³-hybridized carbons (Fsp3) is 0.350. The monoisotopic (exact) mass is 374 g/mol. The number of benzene rings is 2. The van der Waals surface area contributed by atoms with Crippen LogP contribution in [0.3, 0.4) is 0 Å². The highest BCUT2D eigenvalue weighted by molar-refractivity contribution is 7.92. The van der Waals surface area contributed by atoms with Crippen LogP contribution in [0.4, 0.5) is 5.69 Å². The van der Waals surface area contributed by atoms with E-state index in [-0.39, 0.29) is 11.9 Å². The Morgan fingerprint density at radius 2 is 1.73 bits per heavy atom. The SMILES string of the molecule is CC[C@@H](NC(=O)c1ccc(C)c(N(C)S(C)(=O)=O)c1)c1ccc(C)cc1. The maximum Gasteiger partial charge on any atom is 0.251 e. The predicted molar refractivity (Wildman–Crippen MR) is 106 cm³/mol. The highest BCUT2D eigenvalue weighted by Crippen LogP contribution is 2.24. The topological polar surface area (TPSA) is 66.5 Å². The number of amides is 1. The molecule has 0 aliphatic heterocycles. The highest BCUT2D eigenvalue weighted by Gasteiger charge is 2.18. The van der Waals surface area contributed by atoms with Crippen molar-refractivity contribution in [3.8, 4) is 0 Å². The minimum atomic E-state index is -3.39. The van der Waals surface area contributed by atoms with Gasteiger partial charge >= 0.3 is 0 Å². The third-order valence-electron chi connectivity index (χ3n) is 4.50. The number of carbonyl (C=O) groups excluding carboxylic acids is 1. The lowest BCUT2D eigenvalue weighted by atomic mass is 10.0. The Morgan fingerprint density at radius 1 is 1.12 bits per heavy atom. The number of nitrogens with one attached hydrogen (secondary N) is 1. The third-order valence-corrected chi connectivity index (χ3v) is 5.69. The van der Waals surface area contributed by atoms with E-state index >= 15 is 0 Å². The number of aryl methyl sites for hydroxylation is 2. The van der Waals surface area contributed by atoms with Gasteiger partial charge < -0.3 is 5.32 Å². The van der Waals surface area contributed by atoms with Crippen molar-refractivity contribution in [2.75, 3.05) is 17.6 Å². The van der Waals surface area contributed by atoms with Gasteiger partial charge in [0.15, 0.2) is 0 Å². The Kier molecular flexibility index (Phi) is 6.08. The second-order valence-electron chi connectivity index (χ2n) is 6.58. The first-order valence-electron chi connectivity index (χ1n) is 8.55. The molecule has 0 aliphatic carbocycles. The zero-order valence-electron chi connectivity index (χ0n) is 15.9. The maximum absolute atomic E-state index is 12.7. The van der Waals surface area contributed by atoms with Gasteiger partial charge in [0.05, 0.1) is 18.0 Å². The van der Waals surface area contributed by atoms with Crippen LogP contribution in [0.25, 0.3) is 0 Å². The minimum absolute atomic E-state index is 0.0968. The zero-order chi connectivity index (χ0) is 19.5. The zero-order valence-corrected chi connectivity index (χ0v) is 16.7. The molecule has 140 valence electrons. The van der Waals surface area contributed by atoms with Gasteiger partial charge in [-0.15, -0.1) is 0 Å². The van der Waals surface area contributed by atoms with Crippen molar-refractivity contribution in [1.82, 2.24) is 5.32 Å². The summed E-state index contributed by atoms with van der Waals surface area (Å²) in [7, 11) is -1.91. The summed E-state index contributed by atoms with van der Waals surface area (Å²) in [6.45, 7) is 5.86. The molecule has 2 rings (SSSR count). The summed E-state index contributed by atoms with van der Waals surface area (Å²) in [4.78, 5) is 12.7. The van der Waals surface area contributed by atoms with Crippen molar-refractivity contribution in [3.05, 3.63) is 64.7 Å². The number of anilines is 1. The number of hydrogen-bond acceptors (Lipinski definition) is 3. The van der Waals surface area contributed by atoms with Crippen molar-refractivity contribution in [2.45, 2.75) is 33.2 Å². The van der Waals surface area contributed by atoms with Crippen LogP contribution in [-0.4, -0.2) is 27.6 Å². The first kappa shape index (κ1) is 20.0. The van der Waals surface area contributed by atoms with Crippen LogP contribution < -0.4 is 9.62 Å². The molecule has 0 aliphatic rings. The summed E-state index contributed by atoms with van der Waals surface area (Å²) in [5, 5.41) is 3.04. The summed E-state index contributed by atoms with van der Waals surface area (Å²) in [6, 6.07) is 13.1. The molecule has 0 heterocycles. The summed E-state index contributed by atoms with van der Waals surface area (Å²) in [5.74, 6) is -0.222. The molecular weight excluding hydrogens is 348 g/mol. The molecule has 6 heteroatoms. The van der Waals surface area contributed by atoms with Gasteiger partial charge in [0, 0.05) is 12.6 Å². The Balaban J connectivity index is 2.27. The van der Waals surface area contributed by atoms with Crippen LogP contribution >= 0.6 is 0 Å². The Morgan fingerprint density at radius 3 is 2.27 bits per heavy atom. The molecule has 26 heavy (non-hydrogen) atoms. The molecule has 0 fully saturated rings. The van der Waals surface area contributed by atoms with Gasteiger partial charge in [0.1, 0.15) is 0 Å². The fourth-order valence-electron chi connectivity index (χ4n) is 2.73. The fourth-order valence-corrected chi connectivity index (χ4v) is 3.28. The standard InChI is InChI=1S/C20H26N2O3S/c1-6-18(16-10-7-14(2)8-11-16)21-20(23)17-12-9-15(3)19(13-17)22(4)26(5,24)25/h7-13,18H,6H2,1-5H3,(H,21,23)/t18-/m1/s1. The minimum Gasteiger partial charge on any atom is -0.345 e. The average molecular weight is 375 g/mol. The number of sulfonamides is 1. The van der Waals surface area contributed by atoms with Gasteiger partial charge in [-0.2, -0.15) is 0 Å². The molecule has 0 spiro atoms. The van der Waals surface area contributed by atoms with Crippen LogP contribution in [-0.2, 0) is 10.0 Å². The van der Waals surface area contributed by atoms with Crippen LogP contribution in [0.1, 0.15) is 46.4 Å². The van der Waals surface area contributed by atoms with E-state index in [1.165, 1.54) is 16.9 Å². The molecule has 1 amide bonds. The second-order valence-corrected chi connectivity index (χ2v) is 8.59. The number of hydrogen-bond donors (Lipinski definition) is 1. The van der Waals surface area contributed by atoms with Crippen molar-refractivity contribution in [1.29, 1.82) is 0 Å². The summed E-state index contributed by atoms with van der Waals surface area (Å²) in [6.07, 6.45) is 1.90. The Labute approximate surface area is 156 Å². The van der Waals surface area contributed by atoms with Gasteiger partial charge in [-0.05, 0) is 43.5 Å². The van der Waals surface area contributed by atoms with Crippen molar-refractivity contribution in [2.24, 2.45) is 0 Å². The van der Waals surface area contributed by atoms with Crippen molar-refractivity contribution in [3.63, 3.8) is 0 Å². The first-order chi connectivity index (χ1) is 12.1. The molecule has 0 bridgehead atoms. The second kappa shape index (κ2) is 7.91. The van der Waals surface area contributed by atoms with E-state index in [0.717, 1.165) is 23.8 Å². The number of nitrogens with zero attached hydrogens (tertiary/aromatic N) is 1. The number of carbonyl (C=O) groups is 1. The van der Waals surface area contributed by atoms with Crippen LogP contribution in [0.15, 0.2) is 42.5 Å². The molecule has 0 saturated carbocycles. The molecule has 0 unspecified atom stereocenters. The molecule has 0 radical (unpaired) electrons. The lowest BCUT2D eigenvalue weighted by molar-refractivity contribution is 0.0935. The van der Waals surface area contributed by atoms with E-state index in [4.69, 9.17) is 0 Å². The van der Waals surface area contributed by atoms with E-state index in [1.807, 2.05) is 45.0 Å². The molecule has 0 aromatic heterocycles.